The summed E-state index contributed by atoms with van der Waals surface area (Å²) in [5, 5.41) is 13.2. The van der Waals surface area contributed by atoms with Crippen molar-refractivity contribution < 1.29 is 4.74 Å². The molecule has 1 aromatic carbocycles. The molecule has 0 atom stereocenters. The molecule has 1 N–H and O–H groups in total. The van der Waals surface area contributed by atoms with E-state index in [1.165, 1.54) is 11.9 Å². The number of nitrogens with zero attached hydrogens (tertiary/aromatic N) is 7. The molecule has 0 spiro atoms. The van der Waals surface area contributed by atoms with Crippen molar-refractivity contribution in [2.45, 2.75) is 33.5 Å². The molecule has 0 fully saturated rings. The van der Waals surface area contributed by atoms with Gasteiger partial charge < -0.3 is 10.1 Å². The van der Waals surface area contributed by atoms with Crippen LogP contribution in [0.2, 0.25) is 0 Å². The van der Waals surface area contributed by atoms with Crippen LogP contribution >= 0.6 is 0 Å². The van der Waals surface area contributed by atoms with Gasteiger partial charge in [0.2, 0.25) is 5.88 Å². The van der Waals surface area contributed by atoms with Crippen molar-refractivity contribution in [3.05, 3.63) is 89.3 Å². The lowest BCUT2D eigenvalue weighted by atomic mass is 10.1. The molecule has 0 amide bonds. The number of fused-ring (bicyclic) bond motifs is 1. The second-order valence-electron chi connectivity index (χ2n) is 8.21. The molecule has 4 heterocycles. The van der Waals surface area contributed by atoms with Gasteiger partial charge in [0, 0.05) is 36.9 Å². The fourth-order valence-corrected chi connectivity index (χ4v) is 3.99. The van der Waals surface area contributed by atoms with Crippen molar-refractivity contribution in [1.82, 2.24) is 34.5 Å². The van der Waals surface area contributed by atoms with Gasteiger partial charge in [-0.1, -0.05) is 24.3 Å². The average molecular weight is 455 g/mol. The van der Waals surface area contributed by atoms with E-state index in [0.29, 0.717) is 24.6 Å². The Morgan fingerprint density at radius 3 is 2.44 bits per heavy atom. The summed E-state index contributed by atoms with van der Waals surface area (Å²) in [6.07, 6.45) is 7.28. The van der Waals surface area contributed by atoms with E-state index < -0.39 is 0 Å². The summed E-state index contributed by atoms with van der Waals surface area (Å²) in [5.74, 6) is 1.37. The van der Waals surface area contributed by atoms with Crippen molar-refractivity contribution in [3.63, 3.8) is 0 Å². The molecule has 0 bridgehead atoms. The molecule has 172 valence electrons. The van der Waals surface area contributed by atoms with E-state index in [1.54, 1.807) is 13.3 Å². The molecular formula is C25H26N8O. The first kappa shape index (κ1) is 21.6. The first-order valence-electron chi connectivity index (χ1n) is 11.1. The van der Waals surface area contributed by atoms with Gasteiger partial charge in [0.1, 0.15) is 12.1 Å². The third-order valence-electron chi connectivity index (χ3n) is 5.81. The van der Waals surface area contributed by atoms with Gasteiger partial charge in [-0.15, -0.1) is 0 Å². The van der Waals surface area contributed by atoms with Crippen LogP contribution in [0.15, 0.2) is 61.3 Å². The molecule has 0 aliphatic carbocycles. The molecule has 9 nitrogen and oxygen atoms in total. The van der Waals surface area contributed by atoms with Crippen molar-refractivity contribution in [2.24, 2.45) is 0 Å². The molecule has 0 radical (unpaired) electrons. The van der Waals surface area contributed by atoms with Gasteiger partial charge in [-0.05, 0) is 42.2 Å². The zero-order chi connectivity index (χ0) is 23.5. The number of aromatic nitrogens is 7. The van der Waals surface area contributed by atoms with Crippen molar-refractivity contribution >= 4 is 16.9 Å². The van der Waals surface area contributed by atoms with E-state index in [0.717, 1.165) is 40.1 Å². The molecular weight excluding hydrogens is 428 g/mol. The number of pyridine rings is 1. The predicted molar refractivity (Wildman–Crippen MR) is 130 cm³/mol. The second-order valence-corrected chi connectivity index (χ2v) is 8.21. The monoisotopic (exact) mass is 454 g/mol. The quantitative estimate of drug-likeness (QED) is 0.381. The van der Waals surface area contributed by atoms with Crippen LogP contribution in [0.1, 0.15) is 27.9 Å². The Morgan fingerprint density at radius 1 is 1.00 bits per heavy atom. The standard InChI is InChI=1S/C25H26N8O/c1-17-11-23(34-3)30-18(2)21(17)12-26-24-22-15-33(31-25(22)28-16-27-24)14-20-7-5-19(6-8-20)13-32-10-4-9-29-32/h4-11,15-16H,12-14H2,1-3H3,(H,26,27,28,31). The first-order chi connectivity index (χ1) is 16.6. The fourth-order valence-electron chi connectivity index (χ4n) is 3.99. The number of aryl methyl sites for hydroxylation is 2. The molecule has 5 rings (SSSR count). The molecule has 0 saturated heterocycles. The number of hydrogen-bond acceptors (Lipinski definition) is 7. The van der Waals surface area contributed by atoms with Gasteiger partial charge in [-0.25, -0.2) is 15.0 Å². The van der Waals surface area contributed by atoms with E-state index >= 15 is 0 Å². The van der Waals surface area contributed by atoms with Crippen molar-refractivity contribution in [1.29, 1.82) is 0 Å². The number of rotatable bonds is 8. The largest absolute Gasteiger partial charge is 0.481 e. The maximum absolute atomic E-state index is 5.27. The van der Waals surface area contributed by atoms with Crippen LogP contribution in [0.5, 0.6) is 5.88 Å². The highest BCUT2D eigenvalue weighted by atomic mass is 16.5. The zero-order valence-electron chi connectivity index (χ0n) is 19.4. The number of methoxy groups -OCH3 is 1. The van der Waals surface area contributed by atoms with E-state index in [1.807, 2.05) is 40.8 Å². The maximum Gasteiger partial charge on any atom is 0.213 e. The van der Waals surface area contributed by atoms with Crippen molar-refractivity contribution in [3.8, 4) is 5.88 Å². The second kappa shape index (κ2) is 9.30. The Kier molecular flexibility index (Phi) is 5.90. The maximum atomic E-state index is 5.27. The zero-order valence-corrected chi connectivity index (χ0v) is 19.4. The average Bonchev–Trinajstić information content (AvgIpc) is 3.49. The van der Waals surface area contributed by atoms with Gasteiger partial charge in [0.15, 0.2) is 5.65 Å². The minimum Gasteiger partial charge on any atom is -0.481 e. The Hall–Kier alpha value is -4.27. The van der Waals surface area contributed by atoms with Gasteiger partial charge in [-0.3, -0.25) is 9.36 Å². The van der Waals surface area contributed by atoms with Crippen LogP contribution in [0.3, 0.4) is 0 Å². The topological polar surface area (TPSA) is 95.6 Å². The Balaban J connectivity index is 1.31. The number of hydrogen-bond donors (Lipinski definition) is 1. The summed E-state index contributed by atoms with van der Waals surface area (Å²) in [6.45, 7) is 6.05. The summed E-state index contributed by atoms with van der Waals surface area (Å²) in [5.41, 5.74) is 6.20. The minimum absolute atomic E-state index is 0.601. The minimum atomic E-state index is 0.601. The summed E-state index contributed by atoms with van der Waals surface area (Å²) >= 11 is 0. The van der Waals surface area contributed by atoms with E-state index in [4.69, 9.17) is 4.74 Å². The lowest BCUT2D eigenvalue weighted by Crippen LogP contribution is -2.07. The summed E-state index contributed by atoms with van der Waals surface area (Å²) in [7, 11) is 1.63. The van der Waals surface area contributed by atoms with Crippen LogP contribution in [0.25, 0.3) is 11.0 Å². The first-order valence-corrected chi connectivity index (χ1v) is 11.1. The Labute approximate surface area is 197 Å². The number of anilines is 1. The summed E-state index contributed by atoms with van der Waals surface area (Å²) in [6, 6.07) is 12.4. The van der Waals surface area contributed by atoms with Gasteiger partial charge in [0.25, 0.3) is 0 Å². The molecule has 9 heteroatoms. The number of benzene rings is 1. The number of ether oxygens (including phenoxy) is 1. The third kappa shape index (κ3) is 4.59. The summed E-state index contributed by atoms with van der Waals surface area (Å²) in [4.78, 5) is 13.3. The van der Waals surface area contributed by atoms with Crippen LogP contribution in [-0.2, 0) is 19.6 Å². The van der Waals surface area contributed by atoms with E-state index in [9.17, 15) is 0 Å². The highest BCUT2D eigenvalue weighted by Gasteiger charge is 2.12. The lowest BCUT2D eigenvalue weighted by molar-refractivity contribution is 0.396. The fraction of sp³-hybridized carbons (Fsp3) is 0.240. The van der Waals surface area contributed by atoms with E-state index in [2.05, 4.69) is 61.7 Å². The summed E-state index contributed by atoms with van der Waals surface area (Å²) < 4.78 is 9.08. The highest BCUT2D eigenvalue weighted by Crippen LogP contribution is 2.22. The Morgan fingerprint density at radius 2 is 1.76 bits per heavy atom. The normalized spacial score (nSPS) is 11.1. The molecule has 34 heavy (non-hydrogen) atoms. The van der Waals surface area contributed by atoms with Gasteiger partial charge in [-0.2, -0.15) is 10.2 Å². The Bertz CT molecular complexity index is 1380. The SMILES string of the molecule is COc1cc(C)c(CNc2ncnc3nn(Cc4ccc(Cn5cccn5)cc4)cc23)c(C)n1. The van der Waals surface area contributed by atoms with Gasteiger partial charge in [0.05, 0.1) is 25.6 Å². The lowest BCUT2D eigenvalue weighted by Gasteiger charge is -2.12. The number of nitrogens with one attached hydrogen (secondary N) is 1. The van der Waals surface area contributed by atoms with Crippen LogP contribution in [0.4, 0.5) is 5.82 Å². The van der Waals surface area contributed by atoms with Crippen LogP contribution in [0, 0.1) is 13.8 Å². The molecule has 5 aromatic rings. The molecule has 4 aromatic heterocycles. The predicted octanol–water partition coefficient (Wildman–Crippen LogP) is 3.75. The third-order valence-corrected chi connectivity index (χ3v) is 5.81. The smallest absolute Gasteiger partial charge is 0.213 e. The molecule has 0 aliphatic heterocycles. The highest BCUT2D eigenvalue weighted by molar-refractivity contribution is 5.85. The van der Waals surface area contributed by atoms with Crippen LogP contribution in [-0.4, -0.2) is 41.6 Å². The van der Waals surface area contributed by atoms with Gasteiger partial charge >= 0.3 is 0 Å². The van der Waals surface area contributed by atoms with Crippen molar-refractivity contribution in [2.75, 3.05) is 12.4 Å². The van der Waals surface area contributed by atoms with E-state index in [-0.39, 0.29) is 0 Å². The molecule has 0 aliphatic rings. The van der Waals surface area contributed by atoms with Crippen LogP contribution < -0.4 is 10.1 Å². The molecule has 0 saturated carbocycles. The molecule has 0 unspecified atom stereocenters.